The van der Waals surface area contributed by atoms with Crippen molar-refractivity contribution in [2.75, 3.05) is 53.2 Å². The Labute approximate surface area is 683 Å². The van der Waals surface area contributed by atoms with Gasteiger partial charge in [-0.1, -0.05) is 192 Å². The summed E-state index contributed by atoms with van der Waals surface area (Å²) < 4.78 is 133. The summed E-state index contributed by atoms with van der Waals surface area (Å²) in [6.45, 7) is 24.6. The molecule has 0 aliphatic carbocycles. The molecule has 554 valence electrons. The molecule has 4 heterocycles. The Balaban J connectivity index is 0.00000219. The van der Waals surface area contributed by atoms with Gasteiger partial charge in [-0.15, -0.1) is 12.6 Å². The van der Waals surface area contributed by atoms with Gasteiger partial charge in [0.15, 0.2) is 11.4 Å². The molecule has 0 saturated heterocycles. The average molecular weight is 1550 g/mol. The topological polar surface area (TPSA) is 230 Å². The maximum absolute atomic E-state index is 12.0. The zero-order valence-corrected chi connectivity index (χ0v) is 70.8. The predicted octanol–water partition coefficient (Wildman–Crippen LogP) is 11.5. The first-order valence-corrected chi connectivity index (χ1v) is 41.9. The molecular weight excluding hydrogens is 1460 g/mol. The Kier molecular flexibility index (Phi) is 27.7. The first-order valence-electron chi connectivity index (χ1n) is 36.1. The Bertz CT molecular complexity index is 5610. The number of rotatable bonds is 27. The van der Waals surface area contributed by atoms with Crippen LogP contribution in [0.15, 0.2) is 241 Å². The maximum Gasteiger partial charge on any atom is 1.00 e. The van der Waals surface area contributed by atoms with Crippen LogP contribution in [0.25, 0.3) is 43.1 Å². The van der Waals surface area contributed by atoms with Crippen LogP contribution in [0.1, 0.15) is 129 Å². The van der Waals surface area contributed by atoms with Gasteiger partial charge >= 0.3 is 69.7 Å². The van der Waals surface area contributed by atoms with E-state index >= 15 is 0 Å². The van der Waals surface area contributed by atoms with E-state index in [1.54, 1.807) is 0 Å². The number of allylic oxidation sites excluding steroid dienone is 16. The number of hydrogen-bond acceptors (Lipinski definition) is 12. The van der Waals surface area contributed by atoms with E-state index in [9.17, 15) is 38.9 Å². The third-order valence-corrected chi connectivity index (χ3v) is 23.6. The predicted molar refractivity (Wildman–Crippen MR) is 430 cm³/mol. The van der Waals surface area contributed by atoms with E-state index in [4.69, 9.17) is 12.6 Å². The van der Waals surface area contributed by atoms with Crippen LogP contribution in [0.5, 0.6) is 0 Å². The van der Waals surface area contributed by atoms with Gasteiger partial charge in [-0.05, 0) is 155 Å². The van der Waals surface area contributed by atoms with E-state index in [1.807, 2.05) is 18.2 Å². The van der Waals surface area contributed by atoms with Crippen LogP contribution in [-0.4, -0.2) is 116 Å². The maximum atomic E-state index is 12.0. The fraction of sp³-hybridized carbons (Fsp3) is 0.314. The minimum atomic E-state index is -4.44. The van der Waals surface area contributed by atoms with Crippen LogP contribution in [0.3, 0.4) is 0 Å². The molecule has 0 unspecified atom stereocenters. The van der Waals surface area contributed by atoms with Crippen molar-refractivity contribution in [3.63, 3.8) is 0 Å². The Morgan fingerprint density at radius 3 is 1.13 bits per heavy atom. The fourth-order valence-corrected chi connectivity index (χ4v) is 18.2. The zero-order chi connectivity index (χ0) is 76.2. The standard InChI is InChI=1S/C86H94N4O9S3.2Na.O3S/c1-10-11-54-87-71-48-42-65-34-14-20-38-69(65)81(71)85(6,7)77(87)52-46-61(30-16-22-40-75-83(2,3)79-67-36-18-12-32-63(67)43-49-72(79)88(75)55-24-27-58-100(91,92)93)62(47-53-78-86(8,9)82-70-39-21-15-35-66(70)45-51-74(82)90(78)57-26-29-60-102(97,98)99)31-17-23-41-76-84(4,5)80-68-37-19-13-33-64(68)44-50-73(80)89(76)56-25-28-59-101(94,95)96;;;1-4(2)3/h12-23,30-53H,1,10-11,24-29,54-60H2,2-9H3,(H2-,91,92,93,94,95,96,97,98,99);;;/q;2*+1;. The quantitative estimate of drug-likeness (QED) is 0.0122. The minimum Gasteiger partial charge on any atom is -0.748 e. The Morgan fingerprint density at radius 2 is 0.778 bits per heavy atom. The molecular formula is C86H94N4Na2O12S4+2. The molecule has 22 heteroatoms. The summed E-state index contributed by atoms with van der Waals surface area (Å²) in [4.78, 5) is 4.76. The number of anilines is 2. The molecule has 0 bridgehead atoms. The first-order chi connectivity index (χ1) is 50.2. The number of fused-ring (bicyclic) bond motifs is 12. The molecule has 0 saturated carbocycles. The molecule has 12 rings (SSSR count). The molecule has 4 aliphatic rings. The minimum absolute atomic E-state index is 0. The van der Waals surface area contributed by atoms with Crippen molar-refractivity contribution in [3.05, 3.63) is 270 Å². The molecule has 4 aliphatic heterocycles. The van der Waals surface area contributed by atoms with Gasteiger partial charge in [-0.3, -0.25) is 9.11 Å². The summed E-state index contributed by atoms with van der Waals surface area (Å²) in [5.41, 5.74) is 13.1. The Hall–Kier alpha value is -6.99. The summed E-state index contributed by atoms with van der Waals surface area (Å²) in [5.74, 6) is -1.10. The molecule has 0 spiro atoms. The molecule has 108 heavy (non-hydrogen) atoms. The van der Waals surface area contributed by atoms with Crippen molar-refractivity contribution < 1.29 is 120 Å². The molecule has 0 amide bonds. The summed E-state index contributed by atoms with van der Waals surface area (Å²) in [6, 6.07) is 51.2. The van der Waals surface area contributed by atoms with Gasteiger partial charge in [0.05, 0.1) is 32.5 Å². The SMILES string of the molecule is O=S(=O)=O.[CH2-]CCCN1/C(=C/C=C(\C=C\C=C\C2=[N+](CCCCS(=O)(=O)O)c3ccc4ccccc4c3C2(C)C)C(=C\C=C2\N(CCCCS(=O)(=O)[O-])c3ccc4ccccc4c3C2(C)C)/C=C/C=C/C2=[N+](CCCCS(=O)(=O)O)c3ccc4ccccc4c3C2(C)C)C(C)(C)c2c1ccc1ccccc21.[Na+].[Na+]. The molecule has 0 atom stereocenters. The van der Waals surface area contributed by atoms with E-state index in [0.717, 1.165) is 108 Å². The average Bonchev–Trinajstić information content (AvgIpc) is 1.60. The van der Waals surface area contributed by atoms with Crippen LogP contribution < -0.4 is 68.9 Å². The van der Waals surface area contributed by atoms with Crippen LogP contribution in [0.2, 0.25) is 0 Å². The smallest absolute Gasteiger partial charge is 0.748 e. The van der Waals surface area contributed by atoms with Crippen LogP contribution in [0, 0.1) is 6.92 Å². The number of hydrogen-bond donors (Lipinski definition) is 2. The summed E-state index contributed by atoms with van der Waals surface area (Å²) in [5, 5.41) is 9.14. The van der Waals surface area contributed by atoms with E-state index in [-0.39, 0.29) is 83.5 Å². The fourth-order valence-electron chi connectivity index (χ4n) is 16.5. The molecule has 16 nitrogen and oxygen atoms in total. The van der Waals surface area contributed by atoms with Crippen LogP contribution in [-0.2, 0) is 62.6 Å². The molecule has 8 aromatic carbocycles. The van der Waals surface area contributed by atoms with Gasteiger partial charge < -0.3 is 21.3 Å². The van der Waals surface area contributed by atoms with E-state index in [0.29, 0.717) is 45.3 Å². The van der Waals surface area contributed by atoms with Crippen molar-refractivity contribution in [2.45, 2.75) is 128 Å². The van der Waals surface area contributed by atoms with Gasteiger partial charge in [0.1, 0.15) is 13.1 Å². The van der Waals surface area contributed by atoms with E-state index in [1.165, 1.54) is 33.2 Å². The van der Waals surface area contributed by atoms with Gasteiger partial charge in [0.2, 0.25) is 11.4 Å². The molecule has 0 radical (unpaired) electrons. The van der Waals surface area contributed by atoms with Gasteiger partial charge in [0.25, 0.3) is 20.2 Å². The van der Waals surface area contributed by atoms with Crippen molar-refractivity contribution in [1.82, 2.24) is 0 Å². The van der Waals surface area contributed by atoms with Crippen LogP contribution in [0.4, 0.5) is 22.7 Å². The molecule has 8 aromatic rings. The second-order valence-corrected chi connectivity index (χ2v) is 34.8. The van der Waals surface area contributed by atoms with Crippen molar-refractivity contribution in [1.29, 1.82) is 0 Å². The van der Waals surface area contributed by atoms with Crippen molar-refractivity contribution >= 4 is 118 Å². The molecule has 0 aromatic heterocycles. The van der Waals surface area contributed by atoms with Gasteiger partial charge in [-0.25, -0.2) is 8.42 Å². The number of unbranched alkanes of at least 4 members (excludes halogenated alkanes) is 4. The first kappa shape index (κ1) is 85.0. The van der Waals surface area contributed by atoms with E-state index in [2.05, 4.69) is 282 Å². The summed E-state index contributed by atoms with van der Waals surface area (Å²) in [7, 11) is -15.9. The number of benzene rings is 8. The monoisotopic (exact) mass is 1550 g/mol. The van der Waals surface area contributed by atoms with Gasteiger partial charge in [0, 0.05) is 101 Å². The van der Waals surface area contributed by atoms with Gasteiger partial charge in [-0.2, -0.15) is 32.4 Å². The second kappa shape index (κ2) is 35.1. The van der Waals surface area contributed by atoms with Crippen molar-refractivity contribution in [3.8, 4) is 0 Å². The largest absolute Gasteiger partial charge is 1.00 e. The normalized spacial score (nSPS) is 17.4. The van der Waals surface area contributed by atoms with Crippen molar-refractivity contribution in [2.24, 2.45) is 0 Å². The van der Waals surface area contributed by atoms with E-state index < -0.39 is 68.4 Å². The van der Waals surface area contributed by atoms with Crippen LogP contribution >= 0.6 is 0 Å². The molecule has 0 fully saturated rings. The second-order valence-electron chi connectivity index (χ2n) is 29.8. The number of nitrogens with zero attached hydrogens (tertiary/aromatic N) is 4. The molecule has 2 N–H and O–H groups in total. The third-order valence-electron chi connectivity index (χ3n) is 21.2. The summed E-state index contributed by atoms with van der Waals surface area (Å²) in [6.07, 6.45) is 29.8. The zero-order valence-electron chi connectivity index (χ0n) is 63.5. The third kappa shape index (κ3) is 18.8. The Morgan fingerprint density at radius 1 is 0.444 bits per heavy atom. The summed E-state index contributed by atoms with van der Waals surface area (Å²) >= 11 is 0.